The predicted molar refractivity (Wildman–Crippen MR) is 82.5 cm³/mol. The Labute approximate surface area is 124 Å². The molecule has 0 saturated carbocycles. The van der Waals surface area contributed by atoms with Crippen LogP contribution in [-0.4, -0.2) is 18.3 Å². The van der Waals surface area contributed by atoms with Gasteiger partial charge >= 0.3 is 0 Å². The van der Waals surface area contributed by atoms with E-state index in [4.69, 9.17) is 9.84 Å². The van der Waals surface area contributed by atoms with Gasteiger partial charge in [0, 0.05) is 12.1 Å². The van der Waals surface area contributed by atoms with Gasteiger partial charge in [-0.1, -0.05) is 42.5 Å². The Bertz CT molecular complexity index is 626. The van der Waals surface area contributed by atoms with Gasteiger partial charge in [-0.2, -0.15) is 0 Å². The Morgan fingerprint density at radius 2 is 1.76 bits per heavy atom. The van der Waals surface area contributed by atoms with E-state index in [-0.39, 0.29) is 12.7 Å². The van der Waals surface area contributed by atoms with E-state index in [1.54, 1.807) is 0 Å². The molecule has 0 unspecified atom stereocenters. The molecule has 0 radical (unpaired) electrons. The van der Waals surface area contributed by atoms with Crippen LogP contribution in [0.3, 0.4) is 0 Å². The molecule has 0 aromatic heterocycles. The highest BCUT2D eigenvalue weighted by molar-refractivity contribution is 5.71. The Kier molecular flexibility index (Phi) is 4.19. The number of rotatable bonds is 5. The first-order valence-corrected chi connectivity index (χ1v) is 7.01. The lowest BCUT2D eigenvalue weighted by molar-refractivity contribution is 0.248. The second-order valence-corrected chi connectivity index (χ2v) is 4.80. The molecule has 0 bridgehead atoms. The molecule has 2 aromatic rings. The first-order valence-electron chi connectivity index (χ1n) is 7.01. The van der Waals surface area contributed by atoms with Crippen molar-refractivity contribution in [2.24, 2.45) is 0 Å². The van der Waals surface area contributed by atoms with Gasteiger partial charge in [-0.3, -0.25) is 0 Å². The Balaban J connectivity index is 1.90. The zero-order valence-corrected chi connectivity index (χ0v) is 11.6. The third-order valence-corrected chi connectivity index (χ3v) is 3.34. The first-order chi connectivity index (χ1) is 10.4. The van der Waals surface area contributed by atoms with Gasteiger partial charge in [-0.25, -0.2) is 5.43 Å². The summed E-state index contributed by atoms with van der Waals surface area (Å²) in [5, 5.41) is 8.87. The molecule has 21 heavy (non-hydrogen) atoms. The lowest BCUT2D eigenvalue weighted by atomic mass is 10.0. The van der Waals surface area contributed by atoms with Crippen LogP contribution in [0.25, 0.3) is 5.70 Å². The fraction of sp³-hybridized carbons (Fsp3) is 0.176. The lowest BCUT2D eigenvalue weighted by Gasteiger charge is -2.26. The summed E-state index contributed by atoms with van der Waals surface area (Å²) in [6.45, 7) is 0.566. The summed E-state index contributed by atoms with van der Waals surface area (Å²) in [5.74, 6) is 0.849. The second kappa shape index (κ2) is 6.43. The predicted octanol–water partition coefficient (Wildman–Crippen LogP) is 2.25. The summed E-state index contributed by atoms with van der Waals surface area (Å²) in [7, 11) is 0. The largest absolute Gasteiger partial charge is 0.481 e. The van der Waals surface area contributed by atoms with Gasteiger partial charge in [-0.05, 0) is 23.8 Å². The SMILES string of the molecule is OCCNNC1=C[C@@H](c2ccccc2)Oc2ccccc21. The van der Waals surface area contributed by atoms with Crippen LogP contribution >= 0.6 is 0 Å². The van der Waals surface area contributed by atoms with Crippen molar-refractivity contribution in [3.05, 3.63) is 71.8 Å². The van der Waals surface area contributed by atoms with Crippen molar-refractivity contribution < 1.29 is 9.84 Å². The average Bonchev–Trinajstić information content (AvgIpc) is 2.55. The number of aliphatic hydroxyl groups is 1. The smallest absolute Gasteiger partial charge is 0.144 e. The van der Waals surface area contributed by atoms with Gasteiger partial charge < -0.3 is 15.3 Å². The highest BCUT2D eigenvalue weighted by atomic mass is 16.5. The molecule has 108 valence electrons. The minimum Gasteiger partial charge on any atom is -0.481 e. The summed E-state index contributed by atoms with van der Waals surface area (Å²) in [6.07, 6.45) is 1.92. The number of hydrazine groups is 1. The number of ether oxygens (including phenoxy) is 1. The van der Waals surface area contributed by atoms with Crippen molar-refractivity contribution in [2.45, 2.75) is 6.10 Å². The number of benzene rings is 2. The monoisotopic (exact) mass is 282 g/mol. The molecule has 0 saturated heterocycles. The Morgan fingerprint density at radius 1 is 1.00 bits per heavy atom. The van der Waals surface area contributed by atoms with Crippen LogP contribution in [0, 0.1) is 0 Å². The van der Waals surface area contributed by atoms with Crippen molar-refractivity contribution in [3.8, 4) is 5.75 Å². The number of aliphatic hydroxyl groups excluding tert-OH is 1. The fourth-order valence-electron chi connectivity index (χ4n) is 2.33. The number of nitrogens with one attached hydrogen (secondary N) is 2. The Hall–Kier alpha value is -2.30. The molecule has 1 aliphatic rings. The molecule has 3 rings (SSSR count). The van der Waals surface area contributed by atoms with Crippen LogP contribution in [0.4, 0.5) is 0 Å². The number of fused-ring (bicyclic) bond motifs is 1. The van der Waals surface area contributed by atoms with E-state index in [2.05, 4.69) is 10.9 Å². The van der Waals surface area contributed by atoms with Crippen LogP contribution in [0.15, 0.2) is 60.7 Å². The minimum absolute atomic E-state index is 0.0839. The highest BCUT2D eigenvalue weighted by Gasteiger charge is 2.21. The van der Waals surface area contributed by atoms with E-state index in [1.807, 2.05) is 60.7 Å². The minimum atomic E-state index is -0.125. The highest BCUT2D eigenvalue weighted by Crippen LogP contribution is 2.35. The molecule has 1 heterocycles. The van der Waals surface area contributed by atoms with Crippen LogP contribution in [0.2, 0.25) is 0 Å². The normalized spacial score (nSPS) is 16.6. The lowest BCUT2D eigenvalue weighted by Crippen LogP contribution is -2.34. The summed E-state index contributed by atoms with van der Waals surface area (Å²) in [6, 6.07) is 18.0. The molecule has 0 amide bonds. The number of hydrogen-bond acceptors (Lipinski definition) is 4. The molecule has 1 atom stereocenters. The van der Waals surface area contributed by atoms with Crippen molar-refractivity contribution >= 4 is 5.70 Å². The van der Waals surface area contributed by atoms with Gasteiger partial charge in [0.1, 0.15) is 11.9 Å². The van der Waals surface area contributed by atoms with Gasteiger partial charge in [0.25, 0.3) is 0 Å². The van der Waals surface area contributed by atoms with E-state index < -0.39 is 0 Å². The van der Waals surface area contributed by atoms with E-state index in [0.29, 0.717) is 6.54 Å². The molecule has 4 heteroatoms. The third kappa shape index (κ3) is 3.07. The molecule has 0 fully saturated rings. The Morgan fingerprint density at radius 3 is 2.57 bits per heavy atom. The maximum atomic E-state index is 8.87. The quantitative estimate of drug-likeness (QED) is 0.581. The van der Waals surface area contributed by atoms with E-state index >= 15 is 0 Å². The zero-order valence-electron chi connectivity index (χ0n) is 11.6. The molecule has 2 aromatic carbocycles. The van der Waals surface area contributed by atoms with Crippen LogP contribution in [0.1, 0.15) is 17.2 Å². The van der Waals surface area contributed by atoms with Crippen molar-refractivity contribution in [3.63, 3.8) is 0 Å². The van der Waals surface area contributed by atoms with E-state index in [0.717, 1.165) is 22.6 Å². The maximum absolute atomic E-state index is 8.87. The fourth-order valence-corrected chi connectivity index (χ4v) is 2.33. The molecule has 0 aliphatic carbocycles. The molecule has 3 N–H and O–H groups in total. The average molecular weight is 282 g/mol. The van der Waals surface area contributed by atoms with Crippen LogP contribution in [0.5, 0.6) is 5.75 Å². The van der Waals surface area contributed by atoms with E-state index in [1.165, 1.54) is 0 Å². The van der Waals surface area contributed by atoms with Crippen molar-refractivity contribution in [1.29, 1.82) is 0 Å². The van der Waals surface area contributed by atoms with Crippen LogP contribution in [-0.2, 0) is 0 Å². The van der Waals surface area contributed by atoms with Crippen molar-refractivity contribution in [2.75, 3.05) is 13.2 Å². The zero-order chi connectivity index (χ0) is 14.5. The summed E-state index contributed by atoms with van der Waals surface area (Å²) >= 11 is 0. The molecule has 4 nitrogen and oxygen atoms in total. The standard InChI is InChI=1S/C17H18N2O2/c20-11-10-18-19-15-12-17(13-6-2-1-3-7-13)21-16-9-5-4-8-14(15)16/h1-9,12,17-20H,10-11H2/t17-/m0/s1. The van der Waals surface area contributed by atoms with Crippen LogP contribution < -0.4 is 15.6 Å². The number of para-hydroxylation sites is 1. The molecular weight excluding hydrogens is 264 g/mol. The van der Waals surface area contributed by atoms with Gasteiger partial charge in [-0.15, -0.1) is 0 Å². The molecule has 0 spiro atoms. The first kappa shape index (κ1) is 13.7. The summed E-state index contributed by atoms with van der Waals surface area (Å²) < 4.78 is 6.06. The van der Waals surface area contributed by atoms with Gasteiger partial charge in [0.15, 0.2) is 0 Å². The summed E-state index contributed by atoms with van der Waals surface area (Å²) in [5.41, 5.74) is 9.22. The molecule has 1 aliphatic heterocycles. The summed E-state index contributed by atoms with van der Waals surface area (Å²) in [4.78, 5) is 0. The van der Waals surface area contributed by atoms with Crippen molar-refractivity contribution in [1.82, 2.24) is 10.9 Å². The van der Waals surface area contributed by atoms with E-state index in [9.17, 15) is 0 Å². The third-order valence-electron chi connectivity index (χ3n) is 3.34. The van der Waals surface area contributed by atoms with Gasteiger partial charge in [0.2, 0.25) is 0 Å². The number of hydrogen-bond donors (Lipinski definition) is 3. The second-order valence-electron chi connectivity index (χ2n) is 4.80. The van der Waals surface area contributed by atoms with Gasteiger partial charge in [0.05, 0.1) is 12.3 Å². The molecular formula is C17H18N2O2. The topological polar surface area (TPSA) is 53.5 Å². The maximum Gasteiger partial charge on any atom is 0.144 e.